The maximum Gasteiger partial charge on any atom is 0.0593 e. The van der Waals surface area contributed by atoms with Gasteiger partial charge in [-0.2, -0.15) is 0 Å². The van der Waals surface area contributed by atoms with Gasteiger partial charge in [0, 0.05) is 6.04 Å². The third kappa shape index (κ3) is 3.18. The number of anilines is 1. The van der Waals surface area contributed by atoms with Crippen LogP contribution in [0.25, 0.3) is 0 Å². The van der Waals surface area contributed by atoms with E-state index in [0.29, 0.717) is 0 Å². The van der Waals surface area contributed by atoms with E-state index in [2.05, 4.69) is 61.1 Å². The van der Waals surface area contributed by atoms with E-state index < -0.39 is 0 Å². The standard InChI is InChI=1S/C17H19BrClN/c1-10-8-11(2)16(12(3)9-10)13(4)20-15-7-5-6-14(19)17(15)18/h5-9,13,20H,1-4H3. The van der Waals surface area contributed by atoms with Crippen molar-refractivity contribution in [1.29, 1.82) is 0 Å². The van der Waals surface area contributed by atoms with E-state index in [-0.39, 0.29) is 6.04 Å². The number of hydrogen-bond acceptors (Lipinski definition) is 1. The second-order valence-electron chi connectivity index (χ2n) is 5.28. The lowest BCUT2D eigenvalue weighted by Gasteiger charge is -2.21. The zero-order valence-electron chi connectivity index (χ0n) is 12.2. The smallest absolute Gasteiger partial charge is 0.0593 e. The summed E-state index contributed by atoms with van der Waals surface area (Å²) in [5.74, 6) is 0. The number of hydrogen-bond donors (Lipinski definition) is 1. The van der Waals surface area contributed by atoms with Crippen molar-refractivity contribution in [2.45, 2.75) is 33.7 Å². The zero-order valence-corrected chi connectivity index (χ0v) is 14.6. The summed E-state index contributed by atoms with van der Waals surface area (Å²) < 4.78 is 0.913. The molecule has 0 saturated carbocycles. The van der Waals surface area contributed by atoms with Crippen molar-refractivity contribution in [2.75, 3.05) is 5.32 Å². The van der Waals surface area contributed by atoms with Gasteiger partial charge in [-0.25, -0.2) is 0 Å². The van der Waals surface area contributed by atoms with Crippen LogP contribution in [0.2, 0.25) is 5.02 Å². The van der Waals surface area contributed by atoms with E-state index in [0.717, 1.165) is 15.2 Å². The molecule has 0 spiro atoms. The van der Waals surface area contributed by atoms with E-state index in [4.69, 9.17) is 11.6 Å². The van der Waals surface area contributed by atoms with Gasteiger partial charge in [0.15, 0.2) is 0 Å². The lowest BCUT2D eigenvalue weighted by molar-refractivity contribution is 0.861. The third-order valence-corrected chi connectivity index (χ3v) is 4.89. The predicted molar refractivity (Wildman–Crippen MR) is 91.8 cm³/mol. The molecule has 3 heteroatoms. The molecule has 0 aliphatic heterocycles. The first-order valence-electron chi connectivity index (χ1n) is 6.68. The van der Waals surface area contributed by atoms with Crippen LogP contribution in [0.15, 0.2) is 34.8 Å². The molecule has 1 nitrogen and oxygen atoms in total. The summed E-state index contributed by atoms with van der Waals surface area (Å²) in [6.45, 7) is 8.65. The first-order chi connectivity index (χ1) is 9.40. The fraction of sp³-hybridized carbons (Fsp3) is 0.294. The normalized spacial score (nSPS) is 12.3. The number of nitrogens with one attached hydrogen (secondary N) is 1. The quantitative estimate of drug-likeness (QED) is 0.693. The van der Waals surface area contributed by atoms with Crippen LogP contribution in [-0.2, 0) is 0 Å². The first kappa shape index (κ1) is 15.4. The molecule has 2 rings (SSSR count). The molecule has 2 aromatic rings. The molecule has 0 radical (unpaired) electrons. The molecule has 1 atom stereocenters. The molecule has 0 fully saturated rings. The number of aryl methyl sites for hydroxylation is 3. The van der Waals surface area contributed by atoms with E-state index >= 15 is 0 Å². The van der Waals surface area contributed by atoms with Crippen LogP contribution in [-0.4, -0.2) is 0 Å². The fourth-order valence-electron chi connectivity index (χ4n) is 2.79. The van der Waals surface area contributed by atoms with Gasteiger partial charge in [-0.15, -0.1) is 0 Å². The summed E-state index contributed by atoms with van der Waals surface area (Å²) >= 11 is 9.68. The Morgan fingerprint density at radius 3 is 2.30 bits per heavy atom. The average molecular weight is 353 g/mol. The van der Waals surface area contributed by atoms with Crippen LogP contribution in [0.4, 0.5) is 5.69 Å². The molecule has 0 aromatic heterocycles. The van der Waals surface area contributed by atoms with Gasteiger partial charge in [0.2, 0.25) is 0 Å². The maximum absolute atomic E-state index is 6.14. The van der Waals surface area contributed by atoms with Gasteiger partial charge in [-0.05, 0) is 72.4 Å². The van der Waals surface area contributed by atoms with Crippen molar-refractivity contribution >= 4 is 33.2 Å². The largest absolute Gasteiger partial charge is 0.378 e. The van der Waals surface area contributed by atoms with Crippen molar-refractivity contribution < 1.29 is 0 Å². The highest BCUT2D eigenvalue weighted by atomic mass is 79.9. The molecule has 0 amide bonds. The van der Waals surface area contributed by atoms with Crippen molar-refractivity contribution in [3.8, 4) is 0 Å². The van der Waals surface area contributed by atoms with E-state index in [1.807, 2.05) is 18.2 Å². The highest BCUT2D eigenvalue weighted by Gasteiger charge is 2.13. The van der Waals surface area contributed by atoms with Crippen molar-refractivity contribution in [3.63, 3.8) is 0 Å². The molecule has 0 aliphatic rings. The minimum atomic E-state index is 0.227. The van der Waals surface area contributed by atoms with Gasteiger partial charge >= 0.3 is 0 Å². The summed E-state index contributed by atoms with van der Waals surface area (Å²) in [5, 5.41) is 4.26. The lowest BCUT2D eigenvalue weighted by atomic mass is 9.95. The fourth-order valence-corrected chi connectivity index (χ4v) is 3.35. The second-order valence-corrected chi connectivity index (χ2v) is 6.48. The SMILES string of the molecule is Cc1cc(C)c(C(C)Nc2cccc(Cl)c2Br)c(C)c1. The van der Waals surface area contributed by atoms with Crippen molar-refractivity contribution in [3.05, 3.63) is 62.1 Å². The molecule has 0 aliphatic carbocycles. The molecule has 0 bridgehead atoms. The van der Waals surface area contributed by atoms with Gasteiger partial charge < -0.3 is 5.32 Å². The Morgan fingerprint density at radius 2 is 1.70 bits per heavy atom. The maximum atomic E-state index is 6.14. The molecule has 106 valence electrons. The van der Waals surface area contributed by atoms with Gasteiger partial charge in [0.25, 0.3) is 0 Å². The van der Waals surface area contributed by atoms with Crippen molar-refractivity contribution in [1.82, 2.24) is 0 Å². The molecular formula is C17H19BrClN. The highest BCUT2D eigenvalue weighted by molar-refractivity contribution is 9.10. The minimum absolute atomic E-state index is 0.227. The number of halogens is 2. The van der Waals surface area contributed by atoms with Gasteiger partial charge in [0.05, 0.1) is 15.2 Å². The number of benzene rings is 2. The Labute approximate surface area is 134 Å². The monoisotopic (exact) mass is 351 g/mol. The summed E-state index contributed by atoms with van der Waals surface area (Å²) in [4.78, 5) is 0. The Kier molecular flexibility index (Phi) is 4.77. The Hall–Kier alpha value is -0.990. The molecule has 1 N–H and O–H groups in total. The molecule has 20 heavy (non-hydrogen) atoms. The Morgan fingerprint density at radius 1 is 1.10 bits per heavy atom. The van der Waals surface area contributed by atoms with Crippen LogP contribution in [0.1, 0.15) is 35.2 Å². The molecular weight excluding hydrogens is 334 g/mol. The Balaban J connectivity index is 2.33. The van der Waals surface area contributed by atoms with Crippen LogP contribution < -0.4 is 5.32 Å². The predicted octanol–water partition coefficient (Wildman–Crippen LogP) is 6.20. The van der Waals surface area contributed by atoms with Crippen LogP contribution in [0.5, 0.6) is 0 Å². The first-order valence-corrected chi connectivity index (χ1v) is 7.85. The summed E-state index contributed by atoms with van der Waals surface area (Å²) in [6.07, 6.45) is 0. The lowest BCUT2D eigenvalue weighted by Crippen LogP contribution is -2.10. The minimum Gasteiger partial charge on any atom is -0.378 e. The third-order valence-electron chi connectivity index (χ3n) is 3.49. The molecule has 0 saturated heterocycles. The topological polar surface area (TPSA) is 12.0 Å². The van der Waals surface area contributed by atoms with Crippen molar-refractivity contribution in [2.24, 2.45) is 0 Å². The molecule has 2 aromatic carbocycles. The summed E-state index contributed by atoms with van der Waals surface area (Å²) in [7, 11) is 0. The van der Waals surface area contributed by atoms with E-state index in [1.165, 1.54) is 22.3 Å². The number of rotatable bonds is 3. The highest BCUT2D eigenvalue weighted by Crippen LogP contribution is 2.33. The van der Waals surface area contributed by atoms with Gasteiger partial charge in [0.1, 0.15) is 0 Å². The molecule has 0 heterocycles. The van der Waals surface area contributed by atoms with Crippen LogP contribution in [0.3, 0.4) is 0 Å². The molecule has 1 unspecified atom stereocenters. The van der Waals surface area contributed by atoms with E-state index in [1.54, 1.807) is 0 Å². The van der Waals surface area contributed by atoms with Crippen LogP contribution >= 0.6 is 27.5 Å². The zero-order chi connectivity index (χ0) is 14.9. The average Bonchev–Trinajstić information content (AvgIpc) is 2.33. The summed E-state index contributed by atoms with van der Waals surface area (Å²) in [5.41, 5.74) is 6.31. The summed E-state index contributed by atoms with van der Waals surface area (Å²) in [6, 6.07) is 10.6. The Bertz CT molecular complexity index is 614. The van der Waals surface area contributed by atoms with Crippen LogP contribution in [0, 0.1) is 20.8 Å². The van der Waals surface area contributed by atoms with E-state index in [9.17, 15) is 0 Å². The second kappa shape index (κ2) is 6.19. The van der Waals surface area contributed by atoms with Gasteiger partial charge in [-0.1, -0.05) is 35.4 Å². The van der Waals surface area contributed by atoms with Gasteiger partial charge in [-0.3, -0.25) is 0 Å².